The number of non-ortho nitro benzene ring substituents is 1. The maximum atomic E-state index is 13.3. The van der Waals surface area contributed by atoms with Crippen molar-refractivity contribution in [3.05, 3.63) is 98.6 Å². The summed E-state index contributed by atoms with van der Waals surface area (Å²) >= 11 is 0. The largest absolute Gasteiger partial charge is 0.354 e. The van der Waals surface area contributed by atoms with Crippen LogP contribution in [-0.2, 0) is 24.3 Å². The Morgan fingerprint density at radius 2 is 1.79 bits per heavy atom. The lowest BCUT2D eigenvalue weighted by atomic mass is 9.97. The molecule has 3 N–H and O–H groups in total. The van der Waals surface area contributed by atoms with Gasteiger partial charge in [-0.1, -0.05) is 36.8 Å². The lowest BCUT2D eigenvalue weighted by Crippen LogP contribution is -2.29. The SMILES string of the molecule is O=C1Nc2ccc([N+](=O)[O-])cc2/C1=C(/Nc1ccc2c(c1)CCNC2)c1ccc(CN2CCCCC2)cc1. The van der Waals surface area contributed by atoms with E-state index < -0.39 is 4.92 Å². The van der Waals surface area contributed by atoms with Crippen LogP contribution in [0.3, 0.4) is 0 Å². The zero-order chi connectivity index (χ0) is 26.1. The van der Waals surface area contributed by atoms with E-state index >= 15 is 0 Å². The molecule has 194 valence electrons. The molecule has 0 spiro atoms. The monoisotopic (exact) mass is 509 g/mol. The van der Waals surface area contributed by atoms with Crippen LogP contribution in [0, 0.1) is 10.1 Å². The molecule has 3 aliphatic heterocycles. The van der Waals surface area contributed by atoms with Gasteiger partial charge < -0.3 is 16.0 Å². The van der Waals surface area contributed by atoms with E-state index in [1.54, 1.807) is 6.07 Å². The number of carbonyl (C=O) groups is 1. The minimum absolute atomic E-state index is 0.0461. The standard InChI is InChI=1S/C30H31N5O3/c36-30-28(26-17-25(35(37)38)10-11-27(26)33-30)29(32-24-9-8-23-18-31-13-12-22(23)16-24)21-6-4-20(5-7-21)19-34-14-2-1-3-15-34/h4-11,16-17,31-32H,1-3,12-15,18-19H2,(H,33,36)/b29-28-. The minimum Gasteiger partial charge on any atom is -0.354 e. The number of nitrogens with zero attached hydrogens (tertiary/aromatic N) is 2. The molecule has 3 aromatic rings. The average molecular weight is 510 g/mol. The highest BCUT2D eigenvalue weighted by Gasteiger charge is 2.30. The Labute approximate surface area is 221 Å². The summed E-state index contributed by atoms with van der Waals surface area (Å²) in [5.74, 6) is -0.275. The summed E-state index contributed by atoms with van der Waals surface area (Å²) in [6.45, 7) is 4.95. The molecule has 1 amide bonds. The minimum atomic E-state index is -0.430. The third-order valence-corrected chi connectivity index (χ3v) is 7.67. The fourth-order valence-corrected chi connectivity index (χ4v) is 5.65. The van der Waals surface area contributed by atoms with Gasteiger partial charge in [0.2, 0.25) is 0 Å². The van der Waals surface area contributed by atoms with E-state index in [1.165, 1.54) is 48.1 Å². The summed E-state index contributed by atoms with van der Waals surface area (Å²) in [5, 5.41) is 21.3. The zero-order valence-corrected chi connectivity index (χ0v) is 21.3. The maximum absolute atomic E-state index is 13.3. The van der Waals surface area contributed by atoms with E-state index in [2.05, 4.69) is 45.1 Å². The van der Waals surface area contributed by atoms with Gasteiger partial charge in [0.05, 0.1) is 16.2 Å². The number of benzene rings is 3. The Hall–Kier alpha value is -4.01. The van der Waals surface area contributed by atoms with E-state index in [4.69, 9.17) is 0 Å². The van der Waals surface area contributed by atoms with Gasteiger partial charge in [-0.05, 0) is 79.3 Å². The van der Waals surface area contributed by atoms with Crippen LogP contribution in [0.4, 0.5) is 17.1 Å². The van der Waals surface area contributed by atoms with Crippen molar-refractivity contribution in [2.45, 2.75) is 38.8 Å². The second-order valence-corrected chi connectivity index (χ2v) is 10.3. The van der Waals surface area contributed by atoms with Crippen LogP contribution in [0.15, 0.2) is 60.7 Å². The highest BCUT2D eigenvalue weighted by atomic mass is 16.6. The molecule has 6 rings (SSSR count). The normalized spacial score (nSPS) is 18.4. The zero-order valence-electron chi connectivity index (χ0n) is 21.3. The molecule has 0 atom stereocenters. The Bertz CT molecular complexity index is 1420. The molecule has 3 aromatic carbocycles. The highest BCUT2D eigenvalue weighted by molar-refractivity contribution is 6.37. The Balaban J connectivity index is 1.41. The summed E-state index contributed by atoms with van der Waals surface area (Å²) < 4.78 is 0. The van der Waals surface area contributed by atoms with Crippen molar-refractivity contribution in [1.82, 2.24) is 10.2 Å². The van der Waals surface area contributed by atoms with Crippen molar-refractivity contribution in [1.29, 1.82) is 0 Å². The topological polar surface area (TPSA) is 99.5 Å². The van der Waals surface area contributed by atoms with Crippen LogP contribution in [0.1, 0.15) is 47.1 Å². The molecule has 1 fully saturated rings. The predicted molar refractivity (Wildman–Crippen MR) is 150 cm³/mol. The molecule has 0 radical (unpaired) electrons. The molecular formula is C30H31N5O3. The molecule has 3 heterocycles. The van der Waals surface area contributed by atoms with Crippen LogP contribution in [0.2, 0.25) is 0 Å². The van der Waals surface area contributed by atoms with Gasteiger partial charge >= 0.3 is 0 Å². The van der Waals surface area contributed by atoms with Gasteiger partial charge in [-0.2, -0.15) is 0 Å². The van der Waals surface area contributed by atoms with Gasteiger partial charge in [0, 0.05) is 42.2 Å². The lowest BCUT2D eigenvalue weighted by Gasteiger charge is -2.26. The number of rotatable bonds is 6. The number of likely N-dealkylation sites (tertiary alicyclic amines) is 1. The first-order chi connectivity index (χ1) is 18.5. The fourth-order valence-electron chi connectivity index (χ4n) is 5.65. The molecule has 8 nitrogen and oxygen atoms in total. The number of nitrogens with one attached hydrogen (secondary N) is 3. The second-order valence-electron chi connectivity index (χ2n) is 10.3. The first-order valence-corrected chi connectivity index (χ1v) is 13.3. The molecule has 3 aliphatic rings. The van der Waals surface area contributed by atoms with Crippen LogP contribution in [0.5, 0.6) is 0 Å². The van der Waals surface area contributed by atoms with Crippen molar-refractivity contribution in [3.8, 4) is 0 Å². The van der Waals surface area contributed by atoms with Crippen LogP contribution in [-0.4, -0.2) is 35.4 Å². The van der Waals surface area contributed by atoms with Crippen molar-refractivity contribution in [2.24, 2.45) is 0 Å². The number of anilines is 2. The van der Waals surface area contributed by atoms with Gasteiger partial charge in [0.1, 0.15) is 0 Å². The fraction of sp³-hybridized carbons (Fsp3) is 0.300. The first kappa shape index (κ1) is 24.3. The van der Waals surface area contributed by atoms with Crippen molar-refractivity contribution < 1.29 is 9.72 Å². The van der Waals surface area contributed by atoms with E-state index in [1.807, 2.05) is 18.2 Å². The summed E-state index contributed by atoms with van der Waals surface area (Å²) in [4.78, 5) is 26.9. The van der Waals surface area contributed by atoms with E-state index in [0.717, 1.165) is 50.4 Å². The van der Waals surface area contributed by atoms with Crippen LogP contribution < -0.4 is 16.0 Å². The summed E-state index contributed by atoms with van der Waals surface area (Å²) in [7, 11) is 0. The van der Waals surface area contributed by atoms with Crippen molar-refractivity contribution in [2.75, 3.05) is 30.3 Å². The molecule has 8 heteroatoms. The van der Waals surface area contributed by atoms with Gasteiger partial charge in [-0.15, -0.1) is 0 Å². The molecule has 38 heavy (non-hydrogen) atoms. The number of hydrogen-bond donors (Lipinski definition) is 3. The highest BCUT2D eigenvalue weighted by Crippen LogP contribution is 2.39. The number of carbonyl (C=O) groups excluding carboxylic acids is 1. The summed E-state index contributed by atoms with van der Waals surface area (Å²) in [5.41, 5.74) is 7.64. The van der Waals surface area contributed by atoms with Crippen LogP contribution in [0.25, 0.3) is 11.3 Å². The number of amides is 1. The quantitative estimate of drug-likeness (QED) is 0.241. The Morgan fingerprint density at radius 1 is 0.974 bits per heavy atom. The van der Waals surface area contributed by atoms with Crippen LogP contribution >= 0.6 is 0 Å². The van der Waals surface area contributed by atoms with E-state index in [-0.39, 0.29) is 11.6 Å². The smallest absolute Gasteiger partial charge is 0.270 e. The third-order valence-electron chi connectivity index (χ3n) is 7.67. The lowest BCUT2D eigenvalue weighted by molar-refractivity contribution is -0.384. The number of piperidine rings is 1. The molecule has 0 saturated carbocycles. The molecule has 0 unspecified atom stereocenters. The van der Waals surface area contributed by atoms with E-state index in [0.29, 0.717) is 22.5 Å². The molecule has 0 bridgehead atoms. The van der Waals surface area contributed by atoms with E-state index in [9.17, 15) is 14.9 Å². The molecular weight excluding hydrogens is 478 g/mol. The number of hydrogen-bond acceptors (Lipinski definition) is 6. The molecule has 0 aliphatic carbocycles. The third kappa shape index (κ3) is 4.92. The summed E-state index contributed by atoms with van der Waals surface area (Å²) in [6.07, 6.45) is 4.74. The van der Waals surface area contributed by atoms with Gasteiger partial charge in [-0.25, -0.2) is 0 Å². The van der Waals surface area contributed by atoms with Crippen molar-refractivity contribution >= 4 is 34.2 Å². The summed E-state index contributed by atoms with van der Waals surface area (Å²) in [6, 6.07) is 19.1. The predicted octanol–water partition coefficient (Wildman–Crippen LogP) is 5.16. The first-order valence-electron chi connectivity index (χ1n) is 13.3. The van der Waals surface area contributed by atoms with Crippen molar-refractivity contribution in [3.63, 3.8) is 0 Å². The number of nitro groups is 1. The molecule has 0 aromatic heterocycles. The van der Waals surface area contributed by atoms with Gasteiger partial charge in [0.25, 0.3) is 11.6 Å². The van der Waals surface area contributed by atoms with Gasteiger partial charge in [0.15, 0.2) is 0 Å². The molecule has 1 saturated heterocycles. The number of nitro benzene ring substituents is 1. The second kappa shape index (κ2) is 10.4. The Morgan fingerprint density at radius 3 is 2.58 bits per heavy atom. The van der Waals surface area contributed by atoms with Gasteiger partial charge in [-0.3, -0.25) is 19.8 Å². The number of fused-ring (bicyclic) bond motifs is 2. The Kier molecular flexibility index (Phi) is 6.66. The average Bonchev–Trinajstić information content (AvgIpc) is 3.27. The maximum Gasteiger partial charge on any atom is 0.270 e.